The zero-order valence-electron chi connectivity index (χ0n) is 19.1. The summed E-state index contributed by atoms with van der Waals surface area (Å²) >= 11 is 0. The van der Waals surface area contributed by atoms with Crippen molar-refractivity contribution in [1.29, 1.82) is 0 Å². The van der Waals surface area contributed by atoms with Crippen LogP contribution in [0.1, 0.15) is 48.6 Å². The number of methoxy groups -OCH3 is 1. The fraction of sp³-hybridized carbons (Fsp3) is 0.375. The SMILES string of the molecule is COc1cccc(CC(=O)O)c1OCCCc1cn(-c2ncccc2C(F)(F)F)nc1C(C)C. The predicted molar refractivity (Wildman–Crippen MR) is 119 cm³/mol. The van der Waals surface area contributed by atoms with Crippen molar-refractivity contribution in [3.05, 3.63) is 65.1 Å². The van der Waals surface area contributed by atoms with Gasteiger partial charge in [0, 0.05) is 18.0 Å². The molecule has 0 saturated carbocycles. The van der Waals surface area contributed by atoms with Gasteiger partial charge >= 0.3 is 12.1 Å². The molecule has 3 aromatic rings. The number of carboxylic acids is 1. The summed E-state index contributed by atoms with van der Waals surface area (Å²) in [7, 11) is 1.48. The molecule has 0 radical (unpaired) electrons. The number of alkyl halides is 3. The van der Waals surface area contributed by atoms with E-state index in [1.807, 2.05) is 13.8 Å². The molecule has 0 fully saturated rings. The lowest BCUT2D eigenvalue weighted by atomic mass is 10.0. The number of aryl methyl sites for hydroxylation is 1. The van der Waals surface area contributed by atoms with Crippen molar-refractivity contribution in [2.45, 2.75) is 45.2 Å². The molecule has 1 aromatic carbocycles. The minimum atomic E-state index is -4.55. The number of hydrogen-bond donors (Lipinski definition) is 1. The van der Waals surface area contributed by atoms with E-state index in [0.717, 1.165) is 11.6 Å². The van der Waals surface area contributed by atoms with Crippen molar-refractivity contribution in [2.24, 2.45) is 0 Å². The van der Waals surface area contributed by atoms with Gasteiger partial charge in [0.25, 0.3) is 0 Å². The van der Waals surface area contributed by atoms with Crippen LogP contribution in [0, 0.1) is 0 Å². The average molecular weight is 477 g/mol. The number of pyridine rings is 1. The van der Waals surface area contributed by atoms with Gasteiger partial charge in [-0.2, -0.15) is 18.3 Å². The number of carboxylic acid groups (broad SMARTS) is 1. The maximum atomic E-state index is 13.4. The maximum absolute atomic E-state index is 13.4. The van der Waals surface area contributed by atoms with Gasteiger partial charge in [0.1, 0.15) is 5.56 Å². The van der Waals surface area contributed by atoms with E-state index < -0.39 is 17.7 Å². The Bertz CT molecular complexity index is 1140. The molecule has 0 spiro atoms. The van der Waals surface area contributed by atoms with E-state index in [2.05, 4.69) is 10.1 Å². The highest BCUT2D eigenvalue weighted by atomic mass is 19.4. The van der Waals surface area contributed by atoms with E-state index in [-0.39, 0.29) is 24.8 Å². The van der Waals surface area contributed by atoms with Gasteiger partial charge in [-0.05, 0) is 42.5 Å². The highest BCUT2D eigenvalue weighted by molar-refractivity contribution is 5.72. The molecule has 0 aliphatic heterocycles. The lowest BCUT2D eigenvalue weighted by Crippen LogP contribution is -2.12. The number of halogens is 3. The van der Waals surface area contributed by atoms with Gasteiger partial charge in [-0.15, -0.1) is 0 Å². The lowest BCUT2D eigenvalue weighted by molar-refractivity contribution is -0.138. The molecular weight excluding hydrogens is 451 g/mol. The molecule has 0 bridgehead atoms. The number of aliphatic carboxylic acids is 1. The third-order valence-corrected chi connectivity index (χ3v) is 5.14. The van der Waals surface area contributed by atoms with Crippen molar-refractivity contribution < 1.29 is 32.5 Å². The van der Waals surface area contributed by atoms with Gasteiger partial charge in [0.15, 0.2) is 17.3 Å². The molecule has 1 N–H and O–H groups in total. The normalized spacial score (nSPS) is 11.6. The first-order chi connectivity index (χ1) is 16.1. The summed E-state index contributed by atoms with van der Waals surface area (Å²) in [5, 5.41) is 13.5. The summed E-state index contributed by atoms with van der Waals surface area (Å²) in [6, 6.07) is 7.27. The van der Waals surface area contributed by atoms with Gasteiger partial charge in [0.2, 0.25) is 0 Å². The molecule has 0 unspecified atom stereocenters. The number of rotatable bonds is 10. The fourth-order valence-corrected chi connectivity index (χ4v) is 3.64. The van der Waals surface area contributed by atoms with Crippen molar-refractivity contribution in [1.82, 2.24) is 14.8 Å². The fourth-order valence-electron chi connectivity index (χ4n) is 3.64. The van der Waals surface area contributed by atoms with E-state index in [9.17, 15) is 18.0 Å². The highest BCUT2D eigenvalue weighted by Gasteiger charge is 2.35. The summed E-state index contributed by atoms with van der Waals surface area (Å²) in [5.74, 6) is -0.460. The van der Waals surface area contributed by atoms with Crippen molar-refractivity contribution in [3.8, 4) is 17.3 Å². The van der Waals surface area contributed by atoms with Gasteiger partial charge in [-0.25, -0.2) is 9.67 Å². The summed E-state index contributed by atoms with van der Waals surface area (Å²) in [6.07, 6.45) is -0.843. The van der Waals surface area contributed by atoms with Crippen LogP contribution in [-0.2, 0) is 23.8 Å². The Hall–Kier alpha value is -3.56. The predicted octanol–water partition coefficient (Wildman–Crippen LogP) is 5.06. The molecule has 7 nitrogen and oxygen atoms in total. The van der Waals surface area contributed by atoms with E-state index in [0.29, 0.717) is 35.6 Å². The minimum Gasteiger partial charge on any atom is -0.493 e. The van der Waals surface area contributed by atoms with Crippen LogP contribution >= 0.6 is 0 Å². The smallest absolute Gasteiger partial charge is 0.420 e. The van der Waals surface area contributed by atoms with Crippen LogP contribution in [0.15, 0.2) is 42.7 Å². The van der Waals surface area contributed by atoms with E-state index in [1.54, 1.807) is 24.4 Å². The van der Waals surface area contributed by atoms with Crippen molar-refractivity contribution in [2.75, 3.05) is 13.7 Å². The van der Waals surface area contributed by atoms with Crippen LogP contribution in [-0.4, -0.2) is 39.6 Å². The minimum absolute atomic E-state index is 0.00777. The molecule has 0 aliphatic rings. The van der Waals surface area contributed by atoms with Crippen LogP contribution in [0.25, 0.3) is 5.82 Å². The van der Waals surface area contributed by atoms with Crippen molar-refractivity contribution >= 4 is 5.97 Å². The van der Waals surface area contributed by atoms with Crippen LogP contribution in [0.4, 0.5) is 13.2 Å². The zero-order valence-corrected chi connectivity index (χ0v) is 19.1. The van der Waals surface area contributed by atoms with Crippen molar-refractivity contribution in [3.63, 3.8) is 0 Å². The Morgan fingerprint density at radius 2 is 1.94 bits per heavy atom. The number of para-hydroxylation sites is 1. The third kappa shape index (κ3) is 5.86. The molecule has 182 valence electrons. The molecule has 0 aliphatic carbocycles. The van der Waals surface area contributed by atoms with Gasteiger partial charge < -0.3 is 14.6 Å². The van der Waals surface area contributed by atoms with Crippen LogP contribution < -0.4 is 9.47 Å². The number of benzene rings is 1. The Morgan fingerprint density at radius 1 is 1.18 bits per heavy atom. The molecule has 3 rings (SSSR count). The Morgan fingerprint density at radius 3 is 2.59 bits per heavy atom. The van der Waals surface area contributed by atoms with Gasteiger partial charge in [-0.1, -0.05) is 26.0 Å². The molecule has 0 atom stereocenters. The van der Waals surface area contributed by atoms with Crippen LogP contribution in [0.3, 0.4) is 0 Å². The largest absolute Gasteiger partial charge is 0.493 e. The quantitative estimate of drug-likeness (QED) is 0.411. The molecule has 0 saturated heterocycles. The van der Waals surface area contributed by atoms with Gasteiger partial charge in [0.05, 0.1) is 25.8 Å². The Kier molecular flexibility index (Phi) is 7.80. The first-order valence-corrected chi connectivity index (χ1v) is 10.7. The number of ether oxygens (including phenoxy) is 2. The summed E-state index contributed by atoms with van der Waals surface area (Å²) in [6.45, 7) is 4.10. The molecule has 0 amide bonds. The zero-order chi connectivity index (χ0) is 24.9. The average Bonchev–Trinajstić information content (AvgIpc) is 3.21. The first-order valence-electron chi connectivity index (χ1n) is 10.7. The highest BCUT2D eigenvalue weighted by Crippen LogP contribution is 2.34. The van der Waals surface area contributed by atoms with E-state index >= 15 is 0 Å². The number of aromatic nitrogens is 3. The molecule has 2 aromatic heterocycles. The lowest BCUT2D eigenvalue weighted by Gasteiger charge is -2.14. The number of carbonyl (C=O) groups is 1. The van der Waals surface area contributed by atoms with Gasteiger partial charge in [-0.3, -0.25) is 4.79 Å². The number of hydrogen-bond acceptors (Lipinski definition) is 5. The van der Waals surface area contributed by atoms with Crippen LogP contribution in [0.2, 0.25) is 0 Å². The second kappa shape index (κ2) is 10.6. The summed E-state index contributed by atoms with van der Waals surface area (Å²) in [5.41, 5.74) is 1.12. The Labute approximate surface area is 195 Å². The Balaban J connectivity index is 1.78. The molecule has 2 heterocycles. The second-order valence-corrected chi connectivity index (χ2v) is 7.98. The molecule has 10 heteroatoms. The van der Waals surface area contributed by atoms with E-state index in [4.69, 9.17) is 14.6 Å². The molecular formula is C24H26F3N3O4. The standard InChI is InChI=1S/C24H26F3N3O4/c1-15(2)21-17(14-30(29-21)23-18(24(25,26)27)9-5-11-28-23)8-6-12-34-22-16(13-20(31)32)7-4-10-19(22)33-3/h4-5,7,9-11,14-15H,6,8,12-13H2,1-3H3,(H,31,32). The second-order valence-electron chi connectivity index (χ2n) is 7.98. The third-order valence-electron chi connectivity index (χ3n) is 5.14. The topological polar surface area (TPSA) is 86.5 Å². The molecule has 34 heavy (non-hydrogen) atoms. The number of nitrogens with zero attached hydrogens (tertiary/aromatic N) is 3. The first kappa shape index (κ1) is 25.1. The maximum Gasteiger partial charge on any atom is 0.420 e. The monoisotopic (exact) mass is 477 g/mol. The van der Waals surface area contributed by atoms with E-state index in [1.165, 1.54) is 24.1 Å². The van der Waals surface area contributed by atoms with Crippen LogP contribution in [0.5, 0.6) is 11.5 Å². The summed E-state index contributed by atoms with van der Waals surface area (Å²) < 4.78 is 52.7. The summed E-state index contributed by atoms with van der Waals surface area (Å²) in [4.78, 5) is 15.1.